The summed E-state index contributed by atoms with van der Waals surface area (Å²) in [4.78, 5) is 12.3. The number of aromatic amines is 1. The largest absolute Gasteiger partial charge is 0.417 e. The number of halogens is 3. The van der Waals surface area contributed by atoms with Crippen molar-refractivity contribution in [2.45, 2.75) is 89.4 Å². The van der Waals surface area contributed by atoms with Crippen molar-refractivity contribution >= 4 is 15.9 Å². The summed E-state index contributed by atoms with van der Waals surface area (Å²) in [5, 5.41) is 16.4. The average molecular weight is 596 g/mol. The van der Waals surface area contributed by atoms with Crippen LogP contribution in [0.2, 0.25) is 0 Å². The lowest BCUT2D eigenvalue weighted by Crippen LogP contribution is -2.41. The number of H-pyrrole nitrogens is 1. The van der Waals surface area contributed by atoms with E-state index < -0.39 is 32.2 Å². The van der Waals surface area contributed by atoms with Crippen LogP contribution in [-0.4, -0.2) is 51.6 Å². The fourth-order valence-corrected chi connectivity index (χ4v) is 6.88. The van der Waals surface area contributed by atoms with Gasteiger partial charge in [0.1, 0.15) is 0 Å². The molecule has 4 rings (SSSR count). The van der Waals surface area contributed by atoms with Crippen LogP contribution in [0.3, 0.4) is 0 Å². The van der Waals surface area contributed by atoms with Crippen molar-refractivity contribution in [3.05, 3.63) is 46.9 Å². The summed E-state index contributed by atoms with van der Waals surface area (Å²) >= 11 is 0. The van der Waals surface area contributed by atoms with Gasteiger partial charge in [0.2, 0.25) is 10.0 Å². The van der Waals surface area contributed by atoms with E-state index in [0.29, 0.717) is 41.7 Å². The lowest BCUT2D eigenvalue weighted by Gasteiger charge is -2.25. The molecule has 2 heterocycles. The molecule has 2 aromatic heterocycles. The Kier molecular flexibility index (Phi) is 8.93. The van der Waals surface area contributed by atoms with Crippen molar-refractivity contribution in [2.24, 2.45) is 5.92 Å². The molecule has 0 aliphatic heterocycles. The summed E-state index contributed by atoms with van der Waals surface area (Å²) in [7, 11) is -4.47. The maximum absolute atomic E-state index is 14.3. The normalized spacial score (nSPS) is 15.3. The lowest BCUT2D eigenvalue weighted by atomic mass is 9.89. The van der Waals surface area contributed by atoms with Crippen LogP contribution in [-0.2, 0) is 29.2 Å². The van der Waals surface area contributed by atoms with Gasteiger partial charge in [-0.15, -0.1) is 10.2 Å². The maximum atomic E-state index is 14.3. The quantitative estimate of drug-likeness (QED) is 0.330. The van der Waals surface area contributed by atoms with E-state index in [1.54, 1.807) is 33.8 Å². The van der Waals surface area contributed by atoms with Crippen LogP contribution in [0.15, 0.2) is 29.2 Å². The second kappa shape index (κ2) is 11.9. The molecular weight excluding hydrogens is 559 g/mol. The number of tetrazole rings is 1. The molecule has 1 fully saturated rings. The van der Waals surface area contributed by atoms with Crippen LogP contribution in [0.1, 0.15) is 80.3 Å². The summed E-state index contributed by atoms with van der Waals surface area (Å²) in [6.07, 6.45) is 0.715. The molecular formula is C27H36F3N7O3S. The van der Waals surface area contributed by atoms with E-state index in [1.807, 2.05) is 4.57 Å². The number of sulfonamides is 1. The summed E-state index contributed by atoms with van der Waals surface area (Å²) in [5.74, 6) is 0.382. The number of hydrogen-bond donors (Lipinski definition) is 3. The highest BCUT2D eigenvalue weighted by atomic mass is 32.2. The molecule has 1 aromatic carbocycles. The van der Waals surface area contributed by atoms with Gasteiger partial charge in [0.15, 0.2) is 5.82 Å². The zero-order valence-corrected chi connectivity index (χ0v) is 24.4. The molecule has 0 spiro atoms. The monoisotopic (exact) mass is 595 g/mol. The zero-order valence-electron chi connectivity index (χ0n) is 23.6. The van der Waals surface area contributed by atoms with E-state index in [2.05, 4.69) is 30.7 Å². The number of benzene rings is 1. The van der Waals surface area contributed by atoms with Crippen LogP contribution in [0.5, 0.6) is 0 Å². The van der Waals surface area contributed by atoms with Crippen LogP contribution < -0.4 is 10.0 Å². The first-order valence-corrected chi connectivity index (χ1v) is 15.1. The average Bonchev–Trinajstić information content (AvgIpc) is 3.51. The minimum absolute atomic E-state index is 0.178. The molecule has 0 radical (unpaired) electrons. The molecule has 224 valence electrons. The Balaban J connectivity index is 1.74. The molecule has 0 saturated heterocycles. The molecule has 41 heavy (non-hydrogen) atoms. The summed E-state index contributed by atoms with van der Waals surface area (Å²) in [6, 6.07) is 4.81. The van der Waals surface area contributed by atoms with E-state index >= 15 is 0 Å². The Hall–Kier alpha value is -3.26. The molecule has 1 aliphatic rings. The van der Waals surface area contributed by atoms with Crippen LogP contribution in [0.4, 0.5) is 13.2 Å². The van der Waals surface area contributed by atoms with Gasteiger partial charge < -0.3 is 9.88 Å². The maximum Gasteiger partial charge on any atom is 0.417 e. The second-order valence-electron chi connectivity index (χ2n) is 11.5. The third kappa shape index (κ3) is 7.53. The van der Waals surface area contributed by atoms with E-state index in [-0.39, 0.29) is 18.0 Å². The lowest BCUT2D eigenvalue weighted by molar-refractivity contribution is -0.139. The number of nitrogens with one attached hydrogen (secondary N) is 3. The summed E-state index contributed by atoms with van der Waals surface area (Å²) < 4.78 is 72.9. The number of carbonyl (C=O) groups excluding carboxylic acids is 1. The first kappa shape index (κ1) is 30.7. The number of carbonyl (C=O) groups is 1. The molecule has 3 N–H and O–H groups in total. The highest BCUT2D eigenvalue weighted by Crippen LogP contribution is 2.39. The predicted octanol–water partition coefficient (Wildman–Crippen LogP) is 4.63. The van der Waals surface area contributed by atoms with Crippen molar-refractivity contribution in [2.75, 3.05) is 6.54 Å². The van der Waals surface area contributed by atoms with Gasteiger partial charge in [-0.3, -0.25) is 4.79 Å². The van der Waals surface area contributed by atoms with Gasteiger partial charge in [-0.1, -0.05) is 30.5 Å². The van der Waals surface area contributed by atoms with Gasteiger partial charge in [-0.05, 0) is 70.2 Å². The first-order valence-electron chi connectivity index (χ1n) is 13.6. The Morgan fingerprint density at radius 2 is 1.83 bits per heavy atom. The number of alkyl halides is 3. The second-order valence-corrected chi connectivity index (χ2v) is 13.2. The predicted molar refractivity (Wildman–Crippen MR) is 146 cm³/mol. The molecule has 3 aromatic rings. The van der Waals surface area contributed by atoms with Crippen LogP contribution in [0, 0.1) is 12.8 Å². The molecule has 1 aliphatic carbocycles. The van der Waals surface area contributed by atoms with Crippen molar-refractivity contribution in [1.82, 2.24) is 35.2 Å². The van der Waals surface area contributed by atoms with Crippen LogP contribution in [0.25, 0.3) is 11.3 Å². The zero-order chi connectivity index (χ0) is 30.0. The van der Waals surface area contributed by atoms with Gasteiger partial charge in [-0.2, -0.15) is 18.4 Å². The van der Waals surface area contributed by atoms with E-state index in [0.717, 1.165) is 44.2 Å². The van der Waals surface area contributed by atoms with Gasteiger partial charge in [-0.25, -0.2) is 13.1 Å². The minimum atomic E-state index is -4.93. The summed E-state index contributed by atoms with van der Waals surface area (Å²) in [5.41, 5.74) is -0.670. The van der Waals surface area contributed by atoms with Crippen molar-refractivity contribution in [1.29, 1.82) is 0 Å². The fourth-order valence-electron chi connectivity index (χ4n) is 5.25. The number of hydrogen-bond acceptors (Lipinski definition) is 6. The van der Waals surface area contributed by atoms with E-state index in [9.17, 15) is 26.4 Å². The third-order valence-corrected chi connectivity index (χ3v) is 8.93. The van der Waals surface area contributed by atoms with Crippen molar-refractivity contribution in [3.8, 4) is 11.3 Å². The van der Waals surface area contributed by atoms with Gasteiger partial charge >= 0.3 is 6.18 Å². The van der Waals surface area contributed by atoms with Gasteiger partial charge in [0, 0.05) is 36.4 Å². The van der Waals surface area contributed by atoms with E-state index in [4.69, 9.17) is 0 Å². The molecule has 0 bridgehead atoms. The molecule has 10 nitrogen and oxygen atoms in total. The topological polar surface area (TPSA) is 135 Å². The van der Waals surface area contributed by atoms with Crippen LogP contribution >= 0.6 is 0 Å². The number of rotatable bonds is 9. The molecule has 14 heteroatoms. The van der Waals surface area contributed by atoms with Gasteiger partial charge in [0.05, 0.1) is 16.0 Å². The molecule has 1 saturated carbocycles. The smallest absolute Gasteiger partial charge is 0.352 e. The highest BCUT2D eigenvalue weighted by Gasteiger charge is 2.39. The SMILES string of the molecule is Cc1c(C(=O)NCCc2nn[nH]n2)cc(-c2ccc(S(=O)(=O)NC(C)(C)C)c(C(F)(F)F)c2)n1CC1CCCCC1. The number of amides is 1. The minimum Gasteiger partial charge on any atom is -0.352 e. The van der Waals surface area contributed by atoms with Crippen molar-refractivity contribution < 1.29 is 26.4 Å². The number of aromatic nitrogens is 5. The third-order valence-electron chi connectivity index (χ3n) is 7.11. The standard InChI is InChI=1S/C27H36F3N7O3S/c1-17-20(25(38)31-13-12-24-32-35-36-33-24)15-22(37(17)16-18-8-6-5-7-9-18)19-10-11-23(21(14-19)27(28,29)30)41(39,40)34-26(2,3)4/h10-11,14-15,18,34H,5-9,12-13,16H2,1-4H3,(H,31,38)(H,32,33,35,36). The highest BCUT2D eigenvalue weighted by molar-refractivity contribution is 7.89. The summed E-state index contributed by atoms with van der Waals surface area (Å²) in [6.45, 7) is 7.24. The first-order chi connectivity index (χ1) is 19.2. The van der Waals surface area contributed by atoms with Crippen molar-refractivity contribution in [3.63, 3.8) is 0 Å². The van der Waals surface area contributed by atoms with Gasteiger partial charge in [0.25, 0.3) is 5.91 Å². The number of nitrogens with zero attached hydrogens (tertiary/aromatic N) is 4. The Morgan fingerprint density at radius 1 is 1.12 bits per heavy atom. The Bertz CT molecular complexity index is 1470. The molecule has 0 unspecified atom stereocenters. The fraction of sp³-hybridized carbons (Fsp3) is 0.556. The molecule has 1 amide bonds. The Labute approximate surface area is 237 Å². The Morgan fingerprint density at radius 3 is 2.44 bits per heavy atom. The molecule has 0 atom stereocenters. The van der Waals surface area contributed by atoms with E-state index in [1.165, 1.54) is 6.07 Å².